The Bertz CT molecular complexity index is 529. The normalized spacial score (nSPS) is 18.8. The quantitative estimate of drug-likeness (QED) is 0.871. The van der Waals surface area contributed by atoms with Gasteiger partial charge in [0, 0.05) is 6.20 Å². The fourth-order valence-electron chi connectivity index (χ4n) is 2.68. The molecule has 0 radical (unpaired) electrons. The molecule has 3 rings (SSSR count). The molecule has 1 aliphatic rings. The van der Waals surface area contributed by atoms with Gasteiger partial charge in [-0.05, 0) is 57.5 Å². The number of pyridine rings is 1. The van der Waals surface area contributed by atoms with Gasteiger partial charge in [-0.25, -0.2) is 0 Å². The maximum absolute atomic E-state index is 4.30. The molecule has 2 N–H and O–H groups in total. The molecular weight excluding hydrogens is 238 g/mol. The van der Waals surface area contributed by atoms with Crippen LogP contribution in [0.25, 0.3) is 5.65 Å². The molecule has 19 heavy (non-hydrogen) atoms. The van der Waals surface area contributed by atoms with Gasteiger partial charge in [-0.1, -0.05) is 6.07 Å². The van der Waals surface area contributed by atoms with Crippen molar-refractivity contribution in [1.82, 2.24) is 25.2 Å². The molecule has 2 aromatic rings. The number of nitrogens with zero attached hydrogens (tertiary/aromatic N) is 3. The summed E-state index contributed by atoms with van der Waals surface area (Å²) < 4.78 is 2.06. The lowest BCUT2D eigenvalue weighted by atomic mass is 9.98. The topological polar surface area (TPSA) is 54.2 Å². The number of hydrogen-bond acceptors (Lipinski definition) is 4. The summed E-state index contributed by atoms with van der Waals surface area (Å²) >= 11 is 0. The van der Waals surface area contributed by atoms with Crippen molar-refractivity contribution in [2.24, 2.45) is 5.92 Å². The number of rotatable bonds is 4. The van der Waals surface area contributed by atoms with Crippen LogP contribution in [-0.4, -0.2) is 34.2 Å². The standard InChI is InChI=1S/C14H21N5/c1-11(16-10-12-5-7-15-8-6-12)14-18-17-13-4-2-3-9-19(13)14/h2-4,9,11-12,15-16H,5-8,10H2,1H3. The minimum absolute atomic E-state index is 0.229. The number of piperidine rings is 1. The van der Waals surface area contributed by atoms with Gasteiger partial charge in [0.05, 0.1) is 6.04 Å². The Morgan fingerprint density at radius 2 is 2.21 bits per heavy atom. The fourth-order valence-corrected chi connectivity index (χ4v) is 2.68. The summed E-state index contributed by atoms with van der Waals surface area (Å²) in [6.45, 7) is 5.51. The molecule has 1 unspecified atom stereocenters. The van der Waals surface area contributed by atoms with Gasteiger partial charge in [0.2, 0.25) is 0 Å². The van der Waals surface area contributed by atoms with Crippen molar-refractivity contribution < 1.29 is 0 Å². The van der Waals surface area contributed by atoms with Crippen LogP contribution >= 0.6 is 0 Å². The second-order valence-corrected chi connectivity index (χ2v) is 5.31. The summed E-state index contributed by atoms with van der Waals surface area (Å²) in [5.74, 6) is 1.77. The Hall–Kier alpha value is -1.46. The van der Waals surface area contributed by atoms with E-state index in [1.807, 2.05) is 24.4 Å². The Morgan fingerprint density at radius 3 is 3.05 bits per heavy atom. The van der Waals surface area contributed by atoms with E-state index in [2.05, 4.69) is 32.2 Å². The predicted molar refractivity (Wildman–Crippen MR) is 75.0 cm³/mol. The fraction of sp³-hybridized carbons (Fsp3) is 0.571. The van der Waals surface area contributed by atoms with E-state index < -0.39 is 0 Å². The summed E-state index contributed by atoms with van der Waals surface area (Å²) in [7, 11) is 0. The molecule has 5 nitrogen and oxygen atoms in total. The summed E-state index contributed by atoms with van der Waals surface area (Å²) in [5, 5.41) is 15.5. The first-order valence-corrected chi connectivity index (χ1v) is 7.08. The van der Waals surface area contributed by atoms with Gasteiger partial charge in [0.1, 0.15) is 0 Å². The number of fused-ring (bicyclic) bond motifs is 1. The molecule has 0 spiro atoms. The van der Waals surface area contributed by atoms with Crippen molar-refractivity contribution in [3.63, 3.8) is 0 Å². The molecule has 1 aliphatic heterocycles. The van der Waals surface area contributed by atoms with Crippen LogP contribution in [0.15, 0.2) is 24.4 Å². The minimum atomic E-state index is 0.229. The van der Waals surface area contributed by atoms with Crippen LogP contribution < -0.4 is 10.6 Å². The van der Waals surface area contributed by atoms with Crippen molar-refractivity contribution in [3.8, 4) is 0 Å². The molecule has 5 heteroatoms. The van der Waals surface area contributed by atoms with E-state index in [9.17, 15) is 0 Å². The largest absolute Gasteiger partial charge is 0.317 e. The van der Waals surface area contributed by atoms with Crippen LogP contribution in [0.5, 0.6) is 0 Å². The molecular formula is C14H21N5. The molecule has 1 fully saturated rings. The zero-order valence-corrected chi connectivity index (χ0v) is 11.3. The third-order valence-corrected chi connectivity index (χ3v) is 3.90. The highest BCUT2D eigenvalue weighted by atomic mass is 15.3. The van der Waals surface area contributed by atoms with Crippen LogP contribution in [0, 0.1) is 5.92 Å². The smallest absolute Gasteiger partial charge is 0.160 e. The van der Waals surface area contributed by atoms with Crippen LogP contribution in [0.2, 0.25) is 0 Å². The van der Waals surface area contributed by atoms with Crippen LogP contribution in [0.3, 0.4) is 0 Å². The lowest BCUT2D eigenvalue weighted by molar-refractivity contribution is 0.342. The average Bonchev–Trinajstić information content (AvgIpc) is 2.90. The average molecular weight is 259 g/mol. The third-order valence-electron chi connectivity index (χ3n) is 3.90. The van der Waals surface area contributed by atoms with Gasteiger partial charge in [-0.2, -0.15) is 0 Å². The van der Waals surface area contributed by atoms with E-state index in [1.165, 1.54) is 12.8 Å². The zero-order valence-electron chi connectivity index (χ0n) is 11.3. The maximum Gasteiger partial charge on any atom is 0.160 e. The zero-order chi connectivity index (χ0) is 13.1. The van der Waals surface area contributed by atoms with Crippen LogP contribution in [0.4, 0.5) is 0 Å². The van der Waals surface area contributed by atoms with Crippen LogP contribution in [0.1, 0.15) is 31.6 Å². The van der Waals surface area contributed by atoms with Crippen molar-refractivity contribution in [2.45, 2.75) is 25.8 Å². The van der Waals surface area contributed by atoms with Gasteiger partial charge in [0.15, 0.2) is 11.5 Å². The molecule has 0 amide bonds. The van der Waals surface area contributed by atoms with Gasteiger partial charge < -0.3 is 10.6 Å². The first kappa shape index (κ1) is 12.6. The van der Waals surface area contributed by atoms with E-state index in [0.717, 1.165) is 37.0 Å². The Morgan fingerprint density at radius 1 is 1.37 bits per heavy atom. The highest BCUT2D eigenvalue weighted by Gasteiger charge is 2.16. The highest BCUT2D eigenvalue weighted by Crippen LogP contribution is 2.15. The van der Waals surface area contributed by atoms with Crippen molar-refractivity contribution in [2.75, 3.05) is 19.6 Å². The summed E-state index contributed by atoms with van der Waals surface area (Å²) in [5.41, 5.74) is 0.910. The maximum atomic E-state index is 4.30. The molecule has 0 aromatic carbocycles. The summed E-state index contributed by atoms with van der Waals surface area (Å²) in [6.07, 6.45) is 4.55. The van der Waals surface area contributed by atoms with Crippen molar-refractivity contribution in [3.05, 3.63) is 30.2 Å². The Labute approximate surface area is 113 Å². The lowest BCUT2D eigenvalue weighted by Gasteiger charge is -2.24. The third kappa shape index (κ3) is 2.77. The molecule has 102 valence electrons. The highest BCUT2D eigenvalue weighted by molar-refractivity contribution is 5.37. The molecule has 3 heterocycles. The first-order valence-electron chi connectivity index (χ1n) is 7.08. The number of aromatic nitrogens is 3. The molecule has 0 aliphatic carbocycles. The number of nitrogens with one attached hydrogen (secondary N) is 2. The van der Waals surface area contributed by atoms with Crippen LogP contribution in [-0.2, 0) is 0 Å². The second kappa shape index (κ2) is 5.67. The van der Waals surface area contributed by atoms with Gasteiger partial charge in [-0.3, -0.25) is 4.40 Å². The van der Waals surface area contributed by atoms with Gasteiger partial charge in [-0.15, -0.1) is 10.2 Å². The Balaban J connectivity index is 1.64. The molecule has 1 saturated heterocycles. The van der Waals surface area contributed by atoms with Gasteiger partial charge in [0.25, 0.3) is 0 Å². The van der Waals surface area contributed by atoms with E-state index in [1.54, 1.807) is 0 Å². The lowest BCUT2D eigenvalue weighted by Crippen LogP contribution is -2.34. The summed E-state index contributed by atoms with van der Waals surface area (Å²) in [6, 6.07) is 6.21. The minimum Gasteiger partial charge on any atom is -0.317 e. The molecule has 2 aromatic heterocycles. The van der Waals surface area contributed by atoms with E-state index in [-0.39, 0.29) is 6.04 Å². The SMILES string of the molecule is CC(NCC1CCNCC1)c1nnc2ccccn12. The van der Waals surface area contributed by atoms with Crippen molar-refractivity contribution in [1.29, 1.82) is 0 Å². The monoisotopic (exact) mass is 259 g/mol. The van der Waals surface area contributed by atoms with Gasteiger partial charge >= 0.3 is 0 Å². The van der Waals surface area contributed by atoms with E-state index in [0.29, 0.717) is 0 Å². The predicted octanol–water partition coefficient (Wildman–Crippen LogP) is 1.38. The summed E-state index contributed by atoms with van der Waals surface area (Å²) in [4.78, 5) is 0. The number of hydrogen-bond donors (Lipinski definition) is 2. The first-order chi connectivity index (χ1) is 9.34. The molecule has 1 atom stereocenters. The second-order valence-electron chi connectivity index (χ2n) is 5.31. The Kier molecular flexibility index (Phi) is 3.75. The van der Waals surface area contributed by atoms with Crippen molar-refractivity contribution >= 4 is 5.65 Å². The molecule has 0 saturated carbocycles. The molecule has 0 bridgehead atoms. The van der Waals surface area contributed by atoms with E-state index >= 15 is 0 Å². The van der Waals surface area contributed by atoms with E-state index in [4.69, 9.17) is 0 Å².